The molecule has 150 valence electrons. The summed E-state index contributed by atoms with van der Waals surface area (Å²) in [5.74, 6) is -0.287. The number of carbonyl (C=O) groups excluding carboxylic acids is 1. The minimum atomic E-state index is -3.61. The van der Waals surface area contributed by atoms with E-state index >= 15 is 0 Å². The Labute approximate surface area is 167 Å². The molecule has 0 spiro atoms. The lowest BCUT2D eigenvalue weighted by atomic mass is 10.0. The van der Waals surface area contributed by atoms with Crippen molar-refractivity contribution in [3.8, 4) is 0 Å². The van der Waals surface area contributed by atoms with Crippen LogP contribution in [0, 0.1) is 0 Å². The molecule has 1 N–H and O–H groups in total. The molecule has 2 atom stereocenters. The molecule has 6 heteroatoms. The van der Waals surface area contributed by atoms with E-state index in [-0.39, 0.29) is 11.9 Å². The molecule has 0 saturated carbocycles. The molecule has 5 nitrogen and oxygen atoms in total. The molecule has 1 amide bonds. The molecule has 1 aliphatic rings. The van der Waals surface area contributed by atoms with Gasteiger partial charge in [-0.2, -0.15) is 0 Å². The van der Waals surface area contributed by atoms with Crippen molar-refractivity contribution >= 4 is 21.6 Å². The van der Waals surface area contributed by atoms with Crippen LogP contribution in [0.15, 0.2) is 48.5 Å². The molecular weight excluding hydrogens is 372 g/mol. The Morgan fingerprint density at radius 2 is 1.79 bits per heavy atom. The lowest BCUT2D eigenvalue weighted by Gasteiger charge is -2.31. The smallest absolute Gasteiger partial charge is 0.244 e. The van der Waals surface area contributed by atoms with Gasteiger partial charge < -0.3 is 5.32 Å². The molecule has 3 rings (SSSR count). The predicted molar refractivity (Wildman–Crippen MR) is 113 cm³/mol. The van der Waals surface area contributed by atoms with E-state index in [1.54, 1.807) is 24.3 Å². The van der Waals surface area contributed by atoms with Crippen molar-refractivity contribution < 1.29 is 13.2 Å². The maximum atomic E-state index is 13.0. The number of benzene rings is 2. The van der Waals surface area contributed by atoms with Gasteiger partial charge in [0.2, 0.25) is 15.9 Å². The van der Waals surface area contributed by atoms with E-state index in [9.17, 15) is 13.2 Å². The molecule has 0 saturated heterocycles. The van der Waals surface area contributed by atoms with Crippen LogP contribution < -0.4 is 9.62 Å². The van der Waals surface area contributed by atoms with Crippen molar-refractivity contribution in [1.82, 2.24) is 5.32 Å². The second-order valence-corrected chi connectivity index (χ2v) is 9.29. The van der Waals surface area contributed by atoms with Crippen LogP contribution in [0.5, 0.6) is 0 Å². The number of fused-ring (bicyclic) bond motifs is 1. The number of sulfonamides is 1. The van der Waals surface area contributed by atoms with E-state index in [1.807, 2.05) is 19.9 Å². The summed E-state index contributed by atoms with van der Waals surface area (Å²) in [5.41, 5.74) is 4.29. The summed E-state index contributed by atoms with van der Waals surface area (Å²) in [6.45, 7) is 3.76. The van der Waals surface area contributed by atoms with Gasteiger partial charge in [-0.05, 0) is 61.4 Å². The summed E-state index contributed by atoms with van der Waals surface area (Å²) in [5, 5.41) is 3.02. The number of aryl methyl sites for hydroxylation is 2. The minimum absolute atomic E-state index is 0.190. The van der Waals surface area contributed by atoms with E-state index in [4.69, 9.17) is 0 Å². The maximum Gasteiger partial charge on any atom is 0.244 e. The maximum absolute atomic E-state index is 13.0. The number of nitrogens with zero attached hydrogens (tertiary/aromatic N) is 1. The van der Waals surface area contributed by atoms with Crippen molar-refractivity contribution in [2.24, 2.45) is 0 Å². The first-order chi connectivity index (χ1) is 13.3. The van der Waals surface area contributed by atoms with Crippen LogP contribution >= 0.6 is 0 Å². The fourth-order valence-electron chi connectivity index (χ4n) is 3.89. The molecule has 28 heavy (non-hydrogen) atoms. The Morgan fingerprint density at radius 1 is 1.11 bits per heavy atom. The number of nitrogens with one attached hydrogen (secondary N) is 1. The molecule has 0 fully saturated rings. The largest absolute Gasteiger partial charge is 0.348 e. The van der Waals surface area contributed by atoms with Crippen molar-refractivity contribution in [2.45, 2.75) is 51.6 Å². The molecule has 0 aliphatic heterocycles. The number of hydrogen-bond acceptors (Lipinski definition) is 3. The van der Waals surface area contributed by atoms with E-state index in [0.717, 1.165) is 24.7 Å². The van der Waals surface area contributed by atoms with Gasteiger partial charge in [-0.3, -0.25) is 9.10 Å². The lowest BCUT2D eigenvalue weighted by molar-refractivity contribution is -0.122. The Bertz CT molecular complexity index is 942. The lowest BCUT2D eigenvalue weighted by Crippen LogP contribution is -2.49. The molecular formula is C22H28N2O3S. The molecule has 0 heterocycles. The van der Waals surface area contributed by atoms with Gasteiger partial charge in [-0.25, -0.2) is 8.42 Å². The van der Waals surface area contributed by atoms with E-state index in [2.05, 4.69) is 23.5 Å². The van der Waals surface area contributed by atoms with Gasteiger partial charge in [0.1, 0.15) is 6.04 Å². The monoisotopic (exact) mass is 400 g/mol. The van der Waals surface area contributed by atoms with Crippen molar-refractivity contribution in [2.75, 3.05) is 10.6 Å². The number of carbonyl (C=O) groups is 1. The van der Waals surface area contributed by atoms with E-state index in [0.29, 0.717) is 12.1 Å². The molecule has 2 aromatic carbocycles. The number of hydrogen-bond donors (Lipinski definition) is 1. The summed E-state index contributed by atoms with van der Waals surface area (Å²) in [7, 11) is -3.61. The third-order valence-corrected chi connectivity index (χ3v) is 6.50. The van der Waals surface area contributed by atoms with Crippen LogP contribution in [0.1, 0.15) is 49.4 Å². The third-order valence-electron chi connectivity index (χ3n) is 5.32. The average molecular weight is 401 g/mol. The molecule has 1 aliphatic carbocycles. The number of amides is 1. The topological polar surface area (TPSA) is 66.5 Å². The number of para-hydroxylation sites is 1. The SMILES string of the molecule is CC[C@H](C(=O)N[C@H](C)c1ccc2c(c1)CCC2)N(c1ccccc1)S(C)(=O)=O. The fourth-order valence-corrected chi connectivity index (χ4v) is 5.10. The molecule has 2 aromatic rings. The van der Waals surface area contributed by atoms with Crippen LogP contribution in [0.2, 0.25) is 0 Å². The van der Waals surface area contributed by atoms with Crippen LogP contribution in [0.3, 0.4) is 0 Å². The highest BCUT2D eigenvalue weighted by Gasteiger charge is 2.32. The first-order valence-corrected chi connectivity index (χ1v) is 11.6. The van der Waals surface area contributed by atoms with Gasteiger partial charge in [0.15, 0.2) is 0 Å². The number of rotatable bonds is 7. The standard InChI is InChI=1S/C22H28N2O3S/c1-4-21(24(28(3,26)27)20-11-6-5-7-12-20)22(25)23-16(2)18-14-13-17-9-8-10-19(17)15-18/h5-7,11-16,21H,4,8-10H2,1-3H3,(H,23,25)/t16-,21-/m1/s1. The zero-order valence-electron chi connectivity index (χ0n) is 16.7. The van der Waals surface area contributed by atoms with Gasteiger partial charge in [0.05, 0.1) is 18.0 Å². The van der Waals surface area contributed by atoms with E-state index in [1.165, 1.54) is 21.9 Å². The zero-order valence-corrected chi connectivity index (χ0v) is 17.5. The second kappa shape index (κ2) is 8.35. The summed E-state index contributed by atoms with van der Waals surface area (Å²) in [6.07, 6.45) is 4.90. The summed E-state index contributed by atoms with van der Waals surface area (Å²) in [4.78, 5) is 13.0. The van der Waals surface area contributed by atoms with Gasteiger partial charge in [0.25, 0.3) is 0 Å². The predicted octanol–water partition coefficient (Wildman–Crippen LogP) is 3.60. The van der Waals surface area contributed by atoms with E-state index < -0.39 is 16.1 Å². The highest BCUT2D eigenvalue weighted by Crippen LogP contribution is 2.26. The Hall–Kier alpha value is -2.34. The Kier molecular flexibility index (Phi) is 6.08. The minimum Gasteiger partial charge on any atom is -0.348 e. The molecule has 0 unspecified atom stereocenters. The third kappa shape index (κ3) is 4.38. The Morgan fingerprint density at radius 3 is 2.43 bits per heavy atom. The zero-order chi connectivity index (χ0) is 20.3. The van der Waals surface area contributed by atoms with Crippen molar-refractivity contribution in [3.05, 3.63) is 65.2 Å². The molecule has 0 aromatic heterocycles. The summed E-state index contributed by atoms with van der Waals surface area (Å²) >= 11 is 0. The Balaban J connectivity index is 1.82. The summed E-state index contributed by atoms with van der Waals surface area (Å²) < 4.78 is 26.2. The van der Waals surface area contributed by atoms with Crippen molar-refractivity contribution in [1.29, 1.82) is 0 Å². The highest BCUT2D eigenvalue weighted by atomic mass is 32.2. The van der Waals surface area contributed by atoms with Crippen LogP contribution in [-0.2, 0) is 27.7 Å². The van der Waals surface area contributed by atoms with Gasteiger partial charge in [-0.15, -0.1) is 0 Å². The van der Waals surface area contributed by atoms with Gasteiger partial charge in [0, 0.05) is 0 Å². The molecule has 0 bridgehead atoms. The number of anilines is 1. The average Bonchev–Trinajstić information content (AvgIpc) is 3.13. The first-order valence-electron chi connectivity index (χ1n) is 9.77. The summed E-state index contributed by atoms with van der Waals surface area (Å²) in [6, 6.07) is 14.2. The normalized spacial score (nSPS) is 15.5. The fraction of sp³-hybridized carbons (Fsp3) is 0.409. The van der Waals surface area contributed by atoms with Gasteiger partial charge >= 0.3 is 0 Å². The molecule has 0 radical (unpaired) electrons. The van der Waals surface area contributed by atoms with Gasteiger partial charge in [-0.1, -0.05) is 43.3 Å². The quantitative estimate of drug-likeness (QED) is 0.772. The van der Waals surface area contributed by atoms with Crippen LogP contribution in [0.4, 0.5) is 5.69 Å². The van der Waals surface area contributed by atoms with Crippen LogP contribution in [0.25, 0.3) is 0 Å². The van der Waals surface area contributed by atoms with Crippen molar-refractivity contribution in [3.63, 3.8) is 0 Å². The highest BCUT2D eigenvalue weighted by molar-refractivity contribution is 7.92. The first kappa shape index (κ1) is 20.4. The van der Waals surface area contributed by atoms with Crippen LogP contribution in [-0.4, -0.2) is 26.6 Å². The second-order valence-electron chi connectivity index (χ2n) is 7.43.